The first kappa shape index (κ1) is 38.9. The number of allylic oxidation sites excluding steroid dienone is 4. The topological polar surface area (TPSA) is 135 Å². The molecule has 13 heteroatoms. The van der Waals surface area contributed by atoms with Crippen molar-refractivity contribution in [2.45, 2.75) is 53.2 Å². The molecule has 0 unspecified atom stereocenters. The lowest BCUT2D eigenvalue weighted by Gasteiger charge is -2.18. The summed E-state index contributed by atoms with van der Waals surface area (Å²) in [4.78, 5) is 39.5. The third-order valence-electron chi connectivity index (χ3n) is 7.22. The SMILES string of the molecule is C=C/C(=C\C=C(/C)C(=O)N(C)Cc1ccc(OC(F)F)cc1)c1cccc(Nc2cc(NC(=O)C3CC3)nnc2C(=O)NC)c1OC.CCC. The summed E-state index contributed by atoms with van der Waals surface area (Å²) < 4.78 is 35.0. The minimum absolute atomic E-state index is 0.0162. The highest BCUT2D eigenvalue weighted by atomic mass is 19.3. The largest absolute Gasteiger partial charge is 0.494 e. The molecule has 1 saturated carbocycles. The average molecular weight is 691 g/mol. The number of nitrogens with one attached hydrogen (secondary N) is 3. The Hall–Kier alpha value is -5.59. The van der Waals surface area contributed by atoms with Crippen molar-refractivity contribution in [1.82, 2.24) is 20.4 Å². The van der Waals surface area contributed by atoms with Crippen LogP contribution >= 0.6 is 0 Å². The van der Waals surface area contributed by atoms with Gasteiger partial charge in [0, 0.05) is 43.8 Å². The van der Waals surface area contributed by atoms with E-state index < -0.39 is 12.5 Å². The number of likely N-dealkylation sites (N-methyl/N-ethyl adjacent to an activating group) is 1. The first-order chi connectivity index (χ1) is 23.9. The lowest BCUT2D eigenvalue weighted by molar-refractivity contribution is -0.126. The highest BCUT2D eigenvalue weighted by Crippen LogP contribution is 2.37. The summed E-state index contributed by atoms with van der Waals surface area (Å²) in [6.07, 6.45) is 7.92. The first-order valence-corrected chi connectivity index (χ1v) is 16.1. The number of halogens is 2. The maximum Gasteiger partial charge on any atom is 0.387 e. The van der Waals surface area contributed by atoms with Crippen LogP contribution in [-0.4, -0.2) is 60.6 Å². The van der Waals surface area contributed by atoms with Crippen LogP contribution in [0.4, 0.5) is 26.0 Å². The van der Waals surface area contributed by atoms with Gasteiger partial charge < -0.3 is 30.3 Å². The van der Waals surface area contributed by atoms with Crippen molar-refractivity contribution in [2.24, 2.45) is 5.92 Å². The molecule has 4 rings (SSSR count). The van der Waals surface area contributed by atoms with E-state index in [-0.39, 0.29) is 41.5 Å². The Morgan fingerprint density at radius 2 is 1.74 bits per heavy atom. The summed E-state index contributed by atoms with van der Waals surface area (Å²) in [5, 5.41) is 16.5. The molecule has 50 heavy (non-hydrogen) atoms. The zero-order chi connectivity index (χ0) is 36.8. The molecule has 11 nitrogen and oxygen atoms in total. The molecule has 1 aromatic heterocycles. The molecule has 0 bridgehead atoms. The van der Waals surface area contributed by atoms with Crippen LogP contribution in [0.1, 0.15) is 61.6 Å². The fourth-order valence-corrected chi connectivity index (χ4v) is 4.61. The molecule has 0 saturated heterocycles. The molecular weight excluding hydrogens is 646 g/mol. The number of methoxy groups -OCH3 is 1. The molecule has 1 aliphatic rings. The highest BCUT2D eigenvalue weighted by molar-refractivity contribution is 6.00. The third-order valence-corrected chi connectivity index (χ3v) is 7.22. The second-order valence-corrected chi connectivity index (χ2v) is 11.4. The number of hydrogen-bond acceptors (Lipinski definition) is 8. The van der Waals surface area contributed by atoms with Crippen molar-refractivity contribution < 1.29 is 32.6 Å². The molecule has 1 aliphatic carbocycles. The number of carbonyl (C=O) groups is 3. The number of carbonyl (C=O) groups excluding carboxylic acids is 3. The van der Waals surface area contributed by atoms with Crippen LogP contribution in [-0.2, 0) is 16.1 Å². The molecule has 0 radical (unpaired) electrons. The summed E-state index contributed by atoms with van der Waals surface area (Å²) in [5.41, 5.74) is 3.29. The zero-order valence-electron chi connectivity index (χ0n) is 29.2. The van der Waals surface area contributed by atoms with E-state index in [0.29, 0.717) is 33.8 Å². The van der Waals surface area contributed by atoms with Gasteiger partial charge in [0.15, 0.2) is 11.5 Å². The second kappa shape index (κ2) is 18.8. The number of benzene rings is 2. The van der Waals surface area contributed by atoms with Crippen LogP contribution in [0.5, 0.6) is 11.5 Å². The van der Waals surface area contributed by atoms with E-state index in [1.165, 1.54) is 43.7 Å². The third kappa shape index (κ3) is 11.0. The molecule has 3 amide bonds. The summed E-state index contributed by atoms with van der Waals surface area (Å²) in [6.45, 7) is 7.21. The minimum Gasteiger partial charge on any atom is -0.494 e. The van der Waals surface area contributed by atoms with Crippen molar-refractivity contribution >= 4 is 40.5 Å². The van der Waals surface area contributed by atoms with Gasteiger partial charge in [-0.25, -0.2) is 0 Å². The zero-order valence-corrected chi connectivity index (χ0v) is 29.2. The van der Waals surface area contributed by atoms with Crippen molar-refractivity contribution in [3.05, 3.63) is 95.7 Å². The Bertz CT molecular complexity index is 1720. The number of rotatable bonds is 14. The van der Waals surface area contributed by atoms with E-state index in [0.717, 1.165) is 18.4 Å². The van der Waals surface area contributed by atoms with Gasteiger partial charge in [0.25, 0.3) is 5.91 Å². The van der Waals surface area contributed by atoms with Crippen LogP contribution < -0.4 is 25.4 Å². The first-order valence-electron chi connectivity index (χ1n) is 16.1. The molecule has 3 N–H and O–H groups in total. The van der Waals surface area contributed by atoms with Crippen LogP contribution in [0.15, 0.2) is 78.9 Å². The number of ether oxygens (including phenoxy) is 2. The Balaban J connectivity index is 0.00000217. The number of hydrogen-bond donors (Lipinski definition) is 3. The quantitative estimate of drug-likeness (QED) is 0.120. The van der Waals surface area contributed by atoms with Gasteiger partial charge in [0.1, 0.15) is 11.5 Å². The molecule has 0 atom stereocenters. The smallest absolute Gasteiger partial charge is 0.387 e. The molecule has 2 aromatic carbocycles. The van der Waals surface area contributed by atoms with Gasteiger partial charge in [0.2, 0.25) is 11.8 Å². The highest BCUT2D eigenvalue weighted by Gasteiger charge is 2.30. The number of anilines is 3. The standard InChI is InChI=1S/C34H36F2N6O5.C3H8/c1-6-22(13-10-20(2)33(45)42(4)19-21-11-16-24(17-12-21)47-34(35)36)25-8-7-9-26(30(25)46-5)38-27-18-28(39-31(43)23-14-15-23)40-41-29(27)32(44)37-3;1-3-2/h6-13,16-18,23,34H,1,14-15,19H2,2-5H3,(H,37,44)(H2,38,39,40,43);3H2,1-2H3/b20-10+,22-13+;. The predicted octanol–water partition coefficient (Wildman–Crippen LogP) is 7.13. The van der Waals surface area contributed by atoms with E-state index in [1.54, 1.807) is 56.5 Å². The van der Waals surface area contributed by atoms with Crippen LogP contribution in [0.25, 0.3) is 5.57 Å². The van der Waals surface area contributed by atoms with E-state index >= 15 is 0 Å². The fourth-order valence-electron chi connectivity index (χ4n) is 4.61. The van der Waals surface area contributed by atoms with Crippen molar-refractivity contribution in [3.63, 3.8) is 0 Å². The Morgan fingerprint density at radius 3 is 2.32 bits per heavy atom. The van der Waals surface area contributed by atoms with E-state index in [9.17, 15) is 23.2 Å². The van der Waals surface area contributed by atoms with Gasteiger partial charge in [-0.1, -0.05) is 69.3 Å². The summed E-state index contributed by atoms with van der Waals surface area (Å²) >= 11 is 0. The maximum absolute atomic E-state index is 13.1. The van der Waals surface area contributed by atoms with E-state index in [2.05, 4.69) is 51.3 Å². The van der Waals surface area contributed by atoms with E-state index in [1.807, 2.05) is 6.07 Å². The number of amides is 3. The van der Waals surface area contributed by atoms with Gasteiger partial charge in [-0.2, -0.15) is 8.78 Å². The van der Waals surface area contributed by atoms with E-state index in [4.69, 9.17) is 4.74 Å². The van der Waals surface area contributed by atoms with Gasteiger partial charge in [0.05, 0.1) is 18.5 Å². The van der Waals surface area contributed by atoms with Crippen LogP contribution in [0.3, 0.4) is 0 Å². The number of alkyl halides is 2. The van der Waals surface area contributed by atoms with Gasteiger partial charge in [-0.05, 0) is 49.1 Å². The number of aromatic nitrogens is 2. The van der Waals surface area contributed by atoms with Crippen LogP contribution in [0, 0.1) is 5.92 Å². The molecule has 266 valence electrons. The minimum atomic E-state index is -2.91. The van der Waals surface area contributed by atoms with Gasteiger partial charge in [-0.15, -0.1) is 10.2 Å². The lowest BCUT2D eigenvalue weighted by Crippen LogP contribution is -2.26. The Morgan fingerprint density at radius 1 is 1.06 bits per heavy atom. The fraction of sp³-hybridized carbons (Fsp3) is 0.324. The maximum atomic E-state index is 13.1. The van der Waals surface area contributed by atoms with Crippen molar-refractivity contribution in [2.75, 3.05) is 31.8 Å². The molecule has 3 aromatic rings. The Labute approximate surface area is 291 Å². The second-order valence-electron chi connectivity index (χ2n) is 11.4. The molecule has 0 aliphatic heterocycles. The monoisotopic (exact) mass is 690 g/mol. The number of para-hydroxylation sites is 1. The summed E-state index contributed by atoms with van der Waals surface area (Å²) in [5.74, 6) is -0.246. The molecule has 1 heterocycles. The summed E-state index contributed by atoms with van der Waals surface area (Å²) in [6, 6.07) is 13.0. The normalized spacial score (nSPS) is 12.7. The lowest BCUT2D eigenvalue weighted by atomic mass is 10.0. The van der Waals surface area contributed by atoms with Crippen LogP contribution in [0.2, 0.25) is 0 Å². The predicted molar refractivity (Wildman–Crippen MR) is 190 cm³/mol. The van der Waals surface area contributed by atoms with Crippen molar-refractivity contribution in [1.29, 1.82) is 0 Å². The summed E-state index contributed by atoms with van der Waals surface area (Å²) in [7, 11) is 4.62. The molecule has 0 spiro atoms. The van der Waals surface area contributed by atoms with Crippen molar-refractivity contribution in [3.8, 4) is 11.5 Å². The average Bonchev–Trinajstić information content (AvgIpc) is 3.95. The Kier molecular flexibility index (Phi) is 14.6. The molecular formula is C37H44F2N6O5. The van der Waals surface area contributed by atoms with Gasteiger partial charge in [-0.3, -0.25) is 14.4 Å². The van der Waals surface area contributed by atoms with Gasteiger partial charge >= 0.3 is 6.61 Å². The number of nitrogens with zero attached hydrogens (tertiary/aromatic N) is 3. The molecule has 1 fully saturated rings.